The first-order chi connectivity index (χ1) is 9.26. The van der Waals surface area contributed by atoms with Crippen LogP contribution < -0.4 is 0 Å². The lowest BCUT2D eigenvalue weighted by Crippen LogP contribution is -2.52. The summed E-state index contributed by atoms with van der Waals surface area (Å²) < 4.78 is 52.0. The quantitative estimate of drug-likeness (QED) is 0.833. The monoisotopic (exact) mass is 319 g/mol. The molecule has 4 nitrogen and oxygen atoms in total. The number of sulfonamides is 1. The second-order valence-corrected chi connectivity index (χ2v) is 8.78. The largest absolute Gasteiger partial charge is 0.259 e. The fourth-order valence-corrected chi connectivity index (χ4v) is 5.82. The predicted octanol–water partition coefficient (Wildman–Crippen LogP) is 1.66. The van der Waals surface area contributed by atoms with Crippen molar-refractivity contribution in [1.29, 1.82) is 0 Å². The highest BCUT2D eigenvalue weighted by Crippen LogP contribution is 2.27. The molecule has 0 bridgehead atoms. The third-order valence-corrected chi connectivity index (χ3v) is 7.80. The van der Waals surface area contributed by atoms with Gasteiger partial charge in [0.05, 0.1) is 4.90 Å². The first-order valence-corrected chi connectivity index (χ1v) is 9.23. The molecule has 1 aromatic rings. The molecule has 112 valence electrons. The molecule has 2 rings (SSSR count). The SMILES string of the molecule is Cc1c(F)cccc1S(=O)(=O)N1CC[S@](=O)[C@H](C)[C@H]1C. The minimum atomic E-state index is -3.76. The zero-order valence-corrected chi connectivity index (χ0v) is 13.3. The van der Waals surface area contributed by atoms with Crippen LogP contribution in [0.4, 0.5) is 4.39 Å². The van der Waals surface area contributed by atoms with Gasteiger partial charge >= 0.3 is 0 Å². The van der Waals surface area contributed by atoms with Crippen molar-refractivity contribution >= 4 is 20.8 Å². The van der Waals surface area contributed by atoms with Crippen LogP contribution in [0.15, 0.2) is 23.1 Å². The molecule has 1 aromatic carbocycles. The van der Waals surface area contributed by atoms with E-state index in [-0.39, 0.29) is 28.3 Å². The molecule has 0 spiro atoms. The molecular formula is C13H18FNO3S2. The van der Waals surface area contributed by atoms with Gasteiger partial charge in [-0.2, -0.15) is 4.31 Å². The summed E-state index contributed by atoms with van der Waals surface area (Å²) in [5.41, 5.74) is 0.124. The van der Waals surface area contributed by atoms with E-state index in [1.54, 1.807) is 13.8 Å². The summed E-state index contributed by atoms with van der Waals surface area (Å²) in [4.78, 5) is -0.00997. The number of rotatable bonds is 2. The van der Waals surface area contributed by atoms with Gasteiger partial charge in [0.15, 0.2) is 0 Å². The van der Waals surface area contributed by atoms with Crippen LogP contribution in [0.2, 0.25) is 0 Å². The van der Waals surface area contributed by atoms with Gasteiger partial charge in [0, 0.05) is 40.0 Å². The van der Waals surface area contributed by atoms with Gasteiger partial charge in [-0.15, -0.1) is 0 Å². The summed E-state index contributed by atoms with van der Waals surface area (Å²) in [6, 6.07) is 3.69. The summed E-state index contributed by atoms with van der Waals surface area (Å²) >= 11 is 0. The lowest BCUT2D eigenvalue weighted by Gasteiger charge is -2.36. The molecule has 7 heteroatoms. The van der Waals surface area contributed by atoms with Crippen molar-refractivity contribution in [2.75, 3.05) is 12.3 Å². The van der Waals surface area contributed by atoms with Crippen LogP contribution in [0.3, 0.4) is 0 Å². The Bertz CT molecular complexity index is 645. The number of nitrogens with zero attached hydrogens (tertiary/aromatic N) is 1. The van der Waals surface area contributed by atoms with Crippen LogP contribution in [0.5, 0.6) is 0 Å². The van der Waals surface area contributed by atoms with Crippen molar-refractivity contribution in [2.24, 2.45) is 0 Å². The highest BCUT2D eigenvalue weighted by atomic mass is 32.2. The van der Waals surface area contributed by atoms with E-state index < -0.39 is 26.6 Å². The summed E-state index contributed by atoms with van der Waals surface area (Å²) in [5, 5.41) is -0.229. The van der Waals surface area contributed by atoms with Gasteiger partial charge in [-0.25, -0.2) is 12.8 Å². The molecular weight excluding hydrogens is 301 g/mol. The van der Waals surface area contributed by atoms with E-state index in [1.165, 1.54) is 29.4 Å². The third kappa shape index (κ3) is 2.54. The lowest BCUT2D eigenvalue weighted by atomic mass is 10.2. The number of halogens is 1. The van der Waals surface area contributed by atoms with Gasteiger partial charge in [-0.3, -0.25) is 4.21 Å². The van der Waals surface area contributed by atoms with Crippen molar-refractivity contribution < 1.29 is 17.0 Å². The second kappa shape index (κ2) is 5.54. The van der Waals surface area contributed by atoms with Crippen molar-refractivity contribution in [1.82, 2.24) is 4.31 Å². The summed E-state index contributed by atoms with van der Waals surface area (Å²) in [6.45, 7) is 5.18. The first-order valence-electron chi connectivity index (χ1n) is 6.41. The van der Waals surface area contributed by atoms with E-state index in [4.69, 9.17) is 0 Å². The number of hydrogen-bond acceptors (Lipinski definition) is 3. The maximum atomic E-state index is 13.6. The molecule has 0 N–H and O–H groups in total. The molecule has 3 atom stereocenters. The summed E-state index contributed by atoms with van der Waals surface area (Å²) in [7, 11) is -4.78. The van der Waals surface area contributed by atoms with Gasteiger partial charge < -0.3 is 0 Å². The van der Waals surface area contributed by atoms with Crippen molar-refractivity contribution in [3.05, 3.63) is 29.6 Å². The molecule has 1 fully saturated rings. The van der Waals surface area contributed by atoms with Crippen LogP contribution in [0.1, 0.15) is 19.4 Å². The zero-order valence-electron chi connectivity index (χ0n) is 11.7. The highest BCUT2D eigenvalue weighted by molar-refractivity contribution is 7.89. The van der Waals surface area contributed by atoms with E-state index in [0.717, 1.165) is 0 Å². The van der Waals surface area contributed by atoms with E-state index in [1.807, 2.05) is 0 Å². The predicted molar refractivity (Wildman–Crippen MR) is 77.0 cm³/mol. The second-order valence-electron chi connectivity index (χ2n) is 5.01. The van der Waals surface area contributed by atoms with Gasteiger partial charge in [-0.05, 0) is 32.9 Å². The Balaban J connectivity index is 2.45. The number of hydrogen-bond donors (Lipinski definition) is 0. The van der Waals surface area contributed by atoms with Crippen molar-refractivity contribution in [2.45, 2.75) is 37.0 Å². The molecule has 1 aliphatic rings. The summed E-state index contributed by atoms with van der Waals surface area (Å²) in [5.74, 6) is -0.216. The molecule has 0 amide bonds. The molecule has 0 radical (unpaired) electrons. The molecule has 0 unspecified atom stereocenters. The fraction of sp³-hybridized carbons (Fsp3) is 0.538. The standard InChI is InChI=1S/C13H18FNO3S2/c1-9-12(14)5-4-6-13(9)20(17,18)15-7-8-19(16)11(3)10(15)2/h4-6,10-11H,7-8H2,1-3H3/t10-,11-,19+/m1/s1. The Morgan fingerprint density at radius 1 is 1.35 bits per heavy atom. The topological polar surface area (TPSA) is 54.5 Å². The molecule has 0 aliphatic carbocycles. The average Bonchev–Trinajstić information content (AvgIpc) is 2.38. The average molecular weight is 319 g/mol. The Hall–Kier alpha value is -0.790. The van der Waals surface area contributed by atoms with Crippen LogP contribution in [0, 0.1) is 12.7 Å². The Kier molecular flexibility index (Phi) is 4.32. The zero-order chi connectivity index (χ0) is 15.1. The normalized spacial score (nSPS) is 28.5. The van der Waals surface area contributed by atoms with Crippen molar-refractivity contribution in [3.63, 3.8) is 0 Å². The molecule has 20 heavy (non-hydrogen) atoms. The van der Waals surface area contributed by atoms with Gasteiger partial charge in [-0.1, -0.05) is 6.07 Å². The van der Waals surface area contributed by atoms with E-state index >= 15 is 0 Å². The number of benzene rings is 1. The van der Waals surface area contributed by atoms with Crippen LogP contribution in [-0.2, 0) is 20.8 Å². The fourth-order valence-electron chi connectivity index (χ4n) is 2.36. The Labute approximate surface area is 121 Å². The van der Waals surface area contributed by atoms with Gasteiger partial charge in [0.1, 0.15) is 5.82 Å². The molecule has 0 saturated carbocycles. The van der Waals surface area contributed by atoms with Crippen LogP contribution in [-0.4, -0.2) is 40.5 Å². The molecule has 1 heterocycles. The van der Waals surface area contributed by atoms with Gasteiger partial charge in [0.2, 0.25) is 10.0 Å². The Morgan fingerprint density at radius 2 is 2.00 bits per heavy atom. The first kappa shape index (κ1) is 15.6. The third-order valence-electron chi connectivity index (χ3n) is 3.87. The lowest BCUT2D eigenvalue weighted by molar-refractivity contribution is 0.334. The van der Waals surface area contributed by atoms with Gasteiger partial charge in [0.25, 0.3) is 0 Å². The highest BCUT2D eigenvalue weighted by Gasteiger charge is 2.38. The summed E-state index contributed by atoms with van der Waals surface area (Å²) in [6.07, 6.45) is 0. The smallest absolute Gasteiger partial charge is 0.243 e. The maximum absolute atomic E-state index is 13.6. The molecule has 0 aromatic heterocycles. The minimum absolute atomic E-state index is 0.00997. The maximum Gasteiger partial charge on any atom is 0.243 e. The molecule has 1 saturated heterocycles. The van der Waals surface area contributed by atoms with Crippen LogP contribution >= 0.6 is 0 Å². The van der Waals surface area contributed by atoms with Crippen LogP contribution in [0.25, 0.3) is 0 Å². The Morgan fingerprint density at radius 3 is 2.65 bits per heavy atom. The van der Waals surface area contributed by atoms with E-state index in [9.17, 15) is 17.0 Å². The molecule has 1 aliphatic heterocycles. The van der Waals surface area contributed by atoms with E-state index in [0.29, 0.717) is 5.75 Å². The minimum Gasteiger partial charge on any atom is -0.259 e. The van der Waals surface area contributed by atoms with E-state index in [2.05, 4.69) is 0 Å². The van der Waals surface area contributed by atoms with Crippen molar-refractivity contribution in [3.8, 4) is 0 Å².